The highest BCUT2D eigenvalue weighted by molar-refractivity contribution is 7.89. The number of pyridine rings is 1. The van der Waals surface area contributed by atoms with Crippen molar-refractivity contribution >= 4 is 21.4 Å². The van der Waals surface area contributed by atoms with E-state index in [-0.39, 0.29) is 11.6 Å². The molecule has 1 N–H and O–H groups in total. The maximum Gasteiger partial charge on any atom is 0.259 e. The van der Waals surface area contributed by atoms with Gasteiger partial charge in [-0.25, -0.2) is 18.1 Å². The number of sulfonamides is 1. The molecule has 8 heteroatoms. The molecule has 0 amide bonds. The van der Waals surface area contributed by atoms with Crippen molar-refractivity contribution < 1.29 is 8.42 Å². The summed E-state index contributed by atoms with van der Waals surface area (Å²) in [6.45, 7) is 1.95. The Labute approximate surface area is 138 Å². The molecule has 6 nitrogen and oxygen atoms in total. The Morgan fingerprint density at radius 3 is 2.83 bits per heavy atom. The van der Waals surface area contributed by atoms with Gasteiger partial charge in [-0.15, -0.1) is 11.3 Å². The largest absolute Gasteiger partial charge is 0.337 e. The number of thiophene rings is 1. The van der Waals surface area contributed by atoms with Gasteiger partial charge in [-0.1, -0.05) is 6.07 Å². The molecular formula is C15H16N4O2S2. The lowest BCUT2D eigenvalue weighted by atomic mass is 10.2. The highest BCUT2D eigenvalue weighted by atomic mass is 32.2. The van der Waals surface area contributed by atoms with Gasteiger partial charge in [0.05, 0.1) is 10.6 Å². The van der Waals surface area contributed by atoms with Crippen LogP contribution in [0.15, 0.2) is 47.1 Å². The lowest BCUT2D eigenvalue weighted by Gasteiger charge is -2.05. The van der Waals surface area contributed by atoms with Crippen molar-refractivity contribution in [1.29, 1.82) is 0 Å². The summed E-state index contributed by atoms with van der Waals surface area (Å²) in [6.07, 6.45) is 3.19. The Morgan fingerprint density at radius 1 is 1.35 bits per heavy atom. The first-order valence-electron chi connectivity index (χ1n) is 6.94. The van der Waals surface area contributed by atoms with Crippen LogP contribution >= 0.6 is 11.3 Å². The first-order valence-corrected chi connectivity index (χ1v) is 9.30. The van der Waals surface area contributed by atoms with Gasteiger partial charge in [-0.05, 0) is 36.1 Å². The van der Waals surface area contributed by atoms with Gasteiger partial charge in [0.2, 0.25) is 0 Å². The van der Waals surface area contributed by atoms with Crippen molar-refractivity contribution in [1.82, 2.24) is 19.3 Å². The zero-order valence-electron chi connectivity index (χ0n) is 12.7. The average molecular weight is 348 g/mol. The summed E-state index contributed by atoms with van der Waals surface area (Å²) in [4.78, 5) is 9.42. The topological polar surface area (TPSA) is 76.9 Å². The second-order valence-electron chi connectivity index (χ2n) is 5.09. The Kier molecular flexibility index (Phi) is 4.29. The van der Waals surface area contributed by atoms with Crippen LogP contribution in [0.3, 0.4) is 0 Å². The summed E-state index contributed by atoms with van der Waals surface area (Å²) in [7, 11) is -1.87. The van der Waals surface area contributed by atoms with Crippen LogP contribution in [-0.2, 0) is 23.6 Å². The third-order valence-electron chi connectivity index (χ3n) is 3.43. The normalized spacial score (nSPS) is 11.7. The number of hydrogen-bond donors (Lipinski definition) is 1. The summed E-state index contributed by atoms with van der Waals surface area (Å²) >= 11 is 1.60. The van der Waals surface area contributed by atoms with Gasteiger partial charge in [0.1, 0.15) is 5.82 Å². The van der Waals surface area contributed by atoms with E-state index in [2.05, 4.69) is 14.7 Å². The summed E-state index contributed by atoms with van der Waals surface area (Å²) in [5.41, 5.74) is 1.69. The quantitative estimate of drug-likeness (QED) is 0.768. The minimum absolute atomic E-state index is 0.0324. The molecule has 3 aromatic rings. The van der Waals surface area contributed by atoms with Gasteiger partial charge < -0.3 is 4.57 Å². The van der Waals surface area contributed by atoms with E-state index in [1.807, 2.05) is 23.6 Å². The monoisotopic (exact) mass is 348 g/mol. The van der Waals surface area contributed by atoms with Crippen molar-refractivity contribution in [2.45, 2.75) is 18.5 Å². The van der Waals surface area contributed by atoms with E-state index in [1.54, 1.807) is 42.1 Å². The fraction of sp³-hybridized carbons (Fsp3) is 0.200. The molecule has 3 rings (SSSR count). The smallest absolute Gasteiger partial charge is 0.259 e. The number of nitrogens with zero attached hydrogens (tertiary/aromatic N) is 3. The van der Waals surface area contributed by atoms with Crippen LogP contribution in [0.5, 0.6) is 0 Å². The average Bonchev–Trinajstić information content (AvgIpc) is 3.17. The molecule has 0 saturated carbocycles. The molecule has 0 atom stereocenters. The fourth-order valence-corrected chi connectivity index (χ4v) is 3.80. The van der Waals surface area contributed by atoms with Crippen molar-refractivity contribution in [2.24, 2.45) is 7.05 Å². The van der Waals surface area contributed by atoms with Crippen LogP contribution in [0.1, 0.15) is 11.4 Å². The minimum Gasteiger partial charge on any atom is -0.337 e. The lowest BCUT2D eigenvalue weighted by molar-refractivity contribution is 0.578. The van der Waals surface area contributed by atoms with E-state index in [4.69, 9.17) is 0 Å². The van der Waals surface area contributed by atoms with E-state index >= 15 is 0 Å². The van der Waals surface area contributed by atoms with E-state index in [0.29, 0.717) is 5.82 Å². The maximum absolute atomic E-state index is 12.3. The van der Waals surface area contributed by atoms with E-state index in [9.17, 15) is 8.42 Å². The number of hydrogen-bond acceptors (Lipinski definition) is 5. The zero-order valence-corrected chi connectivity index (χ0v) is 14.4. The van der Waals surface area contributed by atoms with Crippen LogP contribution in [0.2, 0.25) is 0 Å². The minimum atomic E-state index is -3.63. The standard InChI is InChI=1S/C15H16N4O2S2/c1-11-18-15(10-19(11)2)23(20,21)17-9-12-5-6-16-13(8-12)14-4-3-7-22-14/h3-8,10,17H,9H2,1-2H3. The Hall–Kier alpha value is -2.03. The van der Waals surface area contributed by atoms with Crippen molar-refractivity contribution in [3.8, 4) is 10.6 Å². The molecule has 0 radical (unpaired) electrons. The van der Waals surface area contributed by atoms with Gasteiger partial charge in [0.25, 0.3) is 10.0 Å². The van der Waals surface area contributed by atoms with Gasteiger partial charge in [-0.2, -0.15) is 0 Å². The molecular weight excluding hydrogens is 332 g/mol. The Balaban J connectivity index is 1.77. The molecule has 0 aliphatic heterocycles. The molecule has 0 aliphatic rings. The Bertz CT molecular complexity index is 895. The maximum atomic E-state index is 12.3. The Morgan fingerprint density at radius 2 is 2.17 bits per heavy atom. The van der Waals surface area contributed by atoms with Crippen LogP contribution < -0.4 is 4.72 Å². The van der Waals surface area contributed by atoms with Crippen LogP contribution in [0.4, 0.5) is 0 Å². The molecule has 0 bridgehead atoms. The predicted molar refractivity (Wildman–Crippen MR) is 89.5 cm³/mol. The molecule has 23 heavy (non-hydrogen) atoms. The summed E-state index contributed by atoms with van der Waals surface area (Å²) in [5, 5.41) is 2.01. The first kappa shape index (κ1) is 15.9. The number of imidazole rings is 1. The summed E-state index contributed by atoms with van der Waals surface area (Å²) < 4.78 is 28.8. The number of rotatable bonds is 5. The molecule has 120 valence electrons. The van der Waals surface area contributed by atoms with Crippen LogP contribution in [0.25, 0.3) is 10.6 Å². The fourth-order valence-electron chi connectivity index (χ4n) is 2.05. The number of aromatic nitrogens is 3. The van der Waals surface area contributed by atoms with Crippen molar-refractivity contribution in [3.63, 3.8) is 0 Å². The third kappa shape index (κ3) is 3.49. The summed E-state index contributed by atoms with van der Waals surface area (Å²) in [5.74, 6) is 0.647. The molecule has 0 saturated heterocycles. The van der Waals surface area contributed by atoms with Gasteiger partial charge >= 0.3 is 0 Å². The molecule has 3 aromatic heterocycles. The molecule has 0 aliphatic carbocycles. The van der Waals surface area contributed by atoms with Crippen LogP contribution in [0, 0.1) is 6.92 Å². The third-order valence-corrected chi connectivity index (χ3v) is 5.59. The molecule has 0 unspecified atom stereocenters. The number of aryl methyl sites for hydroxylation is 2. The second kappa shape index (κ2) is 6.23. The van der Waals surface area contributed by atoms with E-state index < -0.39 is 10.0 Å². The number of nitrogens with one attached hydrogen (secondary N) is 1. The van der Waals surface area contributed by atoms with Gasteiger partial charge in [0.15, 0.2) is 5.03 Å². The highest BCUT2D eigenvalue weighted by Gasteiger charge is 2.18. The zero-order chi connectivity index (χ0) is 16.4. The van der Waals surface area contributed by atoms with E-state index in [0.717, 1.165) is 16.1 Å². The van der Waals surface area contributed by atoms with Crippen LogP contribution in [-0.4, -0.2) is 23.0 Å². The van der Waals surface area contributed by atoms with Crippen molar-refractivity contribution in [2.75, 3.05) is 0 Å². The van der Waals surface area contributed by atoms with Crippen molar-refractivity contribution in [3.05, 3.63) is 53.4 Å². The lowest BCUT2D eigenvalue weighted by Crippen LogP contribution is -2.23. The van der Waals surface area contributed by atoms with Gasteiger partial charge in [-0.3, -0.25) is 4.98 Å². The second-order valence-corrected chi connectivity index (χ2v) is 7.75. The molecule has 0 spiro atoms. The predicted octanol–water partition coefficient (Wildman–Crippen LogP) is 2.33. The molecule has 3 heterocycles. The first-order chi connectivity index (χ1) is 11.0. The molecule has 0 fully saturated rings. The molecule has 0 aromatic carbocycles. The summed E-state index contributed by atoms with van der Waals surface area (Å²) in [6, 6.07) is 7.62. The van der Waals surface area contributed by atoms with E-state index in [1.165, 1.54) is 6.20 Å². The highest BCUT2D eigenvalue weighted by Crippen LogP contribution is 2.23. The van der Waals surface area contributed by atoms with Gasteiger partial charge in [0, 0.05) is 26.0 Å². The SMILES string of the molecule is Cc1nc(S(=O)(=O)NCc2ccnc(-c3cccs3)c2)cn1C.